The van der Waals surface area contributed by atoms with Gasteiger partial charge in [-0.3, -0.25) is 30.4 Å². The topological polar surface area (TPSA) is 148 Å². The molecule has 5 aliphatic rings. The summed E-state index contributed by atoms with van der Waals surface area (Å²) in [6.45, 7) is 18.5. The first-order chi connectivity index (χ1) is 21.4. The molecule has 5 saturated carbocycles. The van der Waals surface area contributed by atoms with Crippen LogP contribution in [0.5, 0.6) is 0 Å². The maximum Gasteiger partial charge on any atom is 0.309 e. The van der Waals surface area contributed by atoms with Crippen molar-refractivity contribution in [1.82, 2.24) is 0 Å². The van der Waals surface area contributed by atoms with E-state index in [9.17, 15) is 30.1 Å². The Balaban J connectivity index is 1.30. The van der Waals surface area contributed by atoms with Crippen LogP contribution in [-0.4, -0.2) is 26.6 Å². The summed E-state index contributed by atoms with van der Waals surface area (Å²) >= 11 is 0. The van der Waals surface area contributed by atoms with Crippen molar-refractivity contribution in [3.63, 3.8) is 0 Å². The largest absolute Gasteiger partial charge is 0.481 e. The van der Waals surface area contributed by atoms with Crippen LogP contribution in [0.4, 0.5) is 17.1 Å². The van der Waals surface area contributed by atoms with E-state index in [-0.39, 0.29) is 50.6 Å². The van der Waals surface area contributed by atoms with Crippen LogP contribution in [0, 0.1) is 76.9 Å². The lowest BCUT2D eigenvalue weighted by Gasteiger charge is -2.72. The van der Waals surface area contributed by atoms with Gasteiger partial charge >= 0.3 is 11.7 Å². The van der Waals surface area contributed by atoms with Crippen molar-refractivity contribution in [2.45, 2.75) is 106 Å². The minimum absolute atomic E-state index is 0.0560. The molecule has 6 rings (SSSR count). The molecule has 46 heavy (non-hydrogen) atoms. The van der Waals surface area contributed by atoms with Gasteiger partial charge in [0.25, 0.3) is 5.69 Å². The van der Waals surface area contributed by atoms with Gasteiger partial charge in [-0.1, -0.05) is 46.8 Å². The first-order valence-electron chi connectivity index (χ1n) is 17.1. The number of allylic oxidation sites excluding steroid dienone is 1. The number of hydrazone groups is 1. The number of hydrogen-bond donors (Lipinski definition) is 2. The monoisotopic (exact) mass is 634 g/mol. The highest BCUT2D eigenvalue weighted by atomic mass is 16.6. The molecule has 5 fully saturated rings. The highest BCUT2D eigenvalue weighted by molar-refractivity contribution is 5.91. The Labute approximate surface area is 271 Å². The number of carboxylic acid groups (broad SMARTS) is 1. The fourth-order valence-electron chi connectivity index (χ4n) is 12.5. The fraction of sp³-hybridized carbons (Fsp3) is 0.722. The van der Waals surface area contributed by atoms with Gasteiger partial charge in [-0.2, -0.15) is 5.10 Å². The molecule has 0 radical (unpaired) electrons. The van der Waals surface area contributed by atoms with Crippen LogP contribution in [0.1, 0.15) is 106 Å². The van der Waals surface area contributed by atoms with Crippen LogP contribution < -0.4 is 5.43 Å². The lowest BCUT2D eigenvalue weighted by molar-refractivity contribution is -0.393. The molecule has 0 bridgehead atoms. The summed E-state index contributed by atoms with van der Waals surface area (Å²) in [6.07, 6.45) is 9.48. The van der Waals surface area contributed by atoms with Gasteiger partial charge in [0.05, 0.1) is 21.3 Å². The molecule has 9 atom stereocenters. The maximum atomic E-state index is 12.9. The number of anilines is 1. The van der Waals surface area contributed by atoms with Gasteiger partial charge in [0.1, 0.15) is 5.69 Å². The second kappa shape index (κ2) is 10.6. The number of nitrogens with zero attached hydrogens (tertiary/aromatic N) is 3. The number of carboxylic acids is 1. The lowest BCUT2D eigenvalue weighted by Crippen LogP contribution is -2.66. The number of non-ortho nitro benzene ring substituents is 1. The van der Waals surface area contributed by atoms with Crippen LogP contribution in [0.25, 0.3) is 0 Å². The number of nitro groups is 2. The molecular formula is C36H50N4O6. The van der Waals surface area contributed by atoms with E-state index >= 15 is 0 Å². The molecule has 0 saturated heterocycles. The van der Waals surface area contributed by atoms with Gasteiger partial charge in [-0.25, -0.2) is 0 Å². The molecule has 0 spiro atoms. The van der Waals surface area contributed by atoms with E-state index in [4.69, 9.17) is 5.10 Å². The SMILES string of the molecule is C=C(C)[C@@H]1CC[C@]2(C(=O)O)CC[C@]3(C)[C@H](CC[C@@H]4[C@@]5(C)CC/C(=N/Nc6ccc([N+](=O)[O-])cc6[N+](=O)[O-])C(C)(C)[C@@H]5CC[C@]43C)[C@@H]12. The normalized spacial score (nSPS) is 41.8. The van der Waals surface area contributed by atoms with Crippen LogP contribution in [-0.2, 0) is 4.79 Å². The van der Waals surface area contributed by atoms with E-state index in [2.05, 4.69) is 53.5 Å². The van der Waals surface area contributed by atoms with Crippen LogP contribution >= 0.6 is 0 Å². The molecule has 1 aromatic carbocycles. The highest BCUT2D eigenvalue weighted by Gasteiger charge is 2.71. The second-order valence-corrected chi connectivity index (χ2v) is 16.8. The molecule has 10 heteroatoms. The summed E-state index contributed by atoms with van der Waals surface area (Å²) < 4.78 is 0. The molecule has 0 unspecified atom stereocenters. The fourth-order valence-corrected chi connectivity index (χ4v) is 12.5. The Bertz CT molecular complexity index is 1540. The average Bonchev–Trinajstić information content (AvgIpc) is 3.38. The molecule has 10 nitrogen and oxygen atoms in total. The van der Waals surface area contributed by atoms with Gasteiger partial charge in [0.15, 0.2) is 0 Å². The van der Waals surface area contributed by atoms with Crippen molar-refractivity contribution in [1.29, 1.82) is 0 Å². The van der Waals surface area contributed by atoms with Crippen molar-refractivity contribution in [3.8, 4) is 0 Å². The van der Waals surface area contributed by atoms with E-state index < -0.39 is 21.2 Å². The van der Waals surface area contributed by atoms with Crippen molar-refractivity contribution in [2.24, 2.45) is 61.8 Å². The smallest absolute Gasteiger partial charge is 0.309 e. The van der Waals surface area contributed by atoms with Gasteiger partial charge in [0.2, 0.25) is 0 Å². The molecule has 0 aliphatic heterocycles. The quantitative estimate of drug-likeness (QED) is 0.180. The molecular weight excluding hydrogens is 584 g/mol. The molecule has 250 valence electrons. The maximum absolute atomic E-state index is 12.9. The number of rotatable bonds is 6. The molecule has 0 heterocycles. The molecule has 1 aromatic rings. The Morgan fingerprint density at radius 1 is 0.935 bits per heavy atom. The summed E-state index contributed by atoms with van der Waals surface area (Å²) in [4.78, 5) is 34.6. The van der Waals surface area contributed by atoms with Gasteiger partial charge < -0.3 is 5.11 Å². The van der Waals surface area contributed by atoms with Crippen molar-refractivity contribution >= 4 is 28.7 Å². The highest BCUT2D eigenvalue weighted by Crippen LogP contribution is 2.77. The predicted molar refractivity (Wildman–Crippen MR) is 177 cm³/mol. The zero-order chi connectivity index (χ0) is 33.6. The van der Waals surface area contributed by atoms with Gasteiger partial charge in [-0.15, -0.1) is 0 Å². The second-order valence-electron chi connectivity index (χ2n) is 16.8. The number of aliphatic carboxylic acids is 1. The first kappa shape index (κ1) is 32.6. The van der Waals surface area contributed by atoms with Crippen molar-refractivity contribution in [2.75, 3.05) is 5.43 Å². The third-order valence-electron chi connectivity index (χ3n) is 15.0. The van der Waals surface area contributed by atoms with E-state index in [1.165, 1.54) is 12.1 Å². The Morgan fingerprint density at radius 2 is 1.65 bits per heavy atom. The Kier molecular flexibility index (Phi) is 7.52. The Hall–Kier alpha value is -3.30. The predicted octanol–water partition coefficient (Wildman–Crippen LogP) is 9.01. The molecule has 2 N–H and O–H groups in total. The average molecular weight is 635 g/mol. The summed E-state index contributed by atoms with van der Waals surface area (Å²) in [6, 6.07) is 3.59. The minimum atomic E-state index is -0.638. The van der Waals surface area contributed by atoms with Gasteiger partial charge in [0, 0.05) is 17.2 Å². The summed E-state index contributed by atoms with van der Waals surface area (Å²) in [7, 11) is 0. The first-order valence-corrected chi connectivity index (χ1v) is 17.1. The van der Waals surface area contributed by atoms with E-state index in [1.807, 2.05) is 0 Å². The zero-order valence-corrected chi connectivity index (χ0v) is 28.2. The van der Waals surface area contributed by atoms with Crippen LogP contribution in [0.2, 0.25) is 0 Å². The van der Waals surface area contributed by atoms with E-state index in [0.717, 1.165) is 81.6 Å². The number of nitrogens with one attached hydrogen (secondary N) is 1. The van der Waals surface area contributed by atoms with E-state index in [1.54, 1.807) is 0 Å². The molecule has 0 aromatic heterocycles. The van der Waals surface area contributed by atoms with Crippen molar-refractivity contribution in [3.05, 3.63) is 50.6 Å². The standard InChI is InChI=1S/C36H50N4O6/c1-21(2)23-12-17-36(31(41)42)19-18-34(6)24(30(23)36)9-11-28-33(5)15-14-29(32(3,4)27(33)13-16-35(28,34)7)38-37-25-10-8-22(39(43)44)20-26(25)40(45)46/h8,10,20,23-24,27-28,30,37H,1,9,11-19H2,2-7H3,(H,41,42)/b38-29-/t23-,24+,27-,28+,30+,33-,34+,35+,36-/m0/s1. The van der Waals surface area contributed by atoms with E-state index in [0.29, 0.717) is 17.8 Å². The molecule has 5 aliphatic carbocycles. The number of benzene rings is 1. The number of fused-ring (bicyclic) bond motifs is 7. The lowest BCUT2D eigenvalue weighted by atomic mass is 9.32. The van der Waals surface area contributed by atoms with Gasteiger partial charge in [-0.05, 0) is 123 Å². The Morgan fingerprint density at radius 3 is 2.28 bits per heavy atom. The third kappa shape index (κ3) is 4.33. The number of carbonyl (C=O) groups is 1. The number of nitro benzene ring substituents is 2. The summed E-state index contributed by atoms with van der Waals surface area (Å²) in [5, 5.41) is 38.3. The molecule has 0 amide bonds. The summed E-state index contributed by atoms with van der Waals surface area (Å²) in [5.74, 6) is 1.08. The third-order valence-corrected chi connectivity index (χ3v) is 15.0. The summed E-state index contributed by atoms with van der Waals surface area (Å²) in [5.41, 5.74) is 3.83. The van der Waals surface area contributed by atoms with Crippen LogP contribution in [0.3, 0.4) is 0 Å². The van der Waals surface area contributed by atoms with Crippen molar-refractivity contribution < 1.29 is 19.7 Å². The zero-order valence-electron chi connectivity index (χ0n) is 28.2. The van der Waals surface area contributed by atoms with Crippen LogP contribution in [0.15, 0.2) is 35.5 Å². The number of hydrogen-bond acceptors (Lipinski definition) is 7. The minimum Gasteiger partial charge on any atom is -0.481 e.